The van der Waals surface area contributed by atoms with Crippen molar-refractivity contribution < 1.29 is 10.2 Å². The molecule has 1 aromatic rings. The SMILES string of the molecule is OCCN1C[C@@H](n2cccn2)[C@@H](O)C1. The van der Waals surface area contributed by atoms with E-state index in [2.05, 4.69) is 5.10 Å². The third-order valence-electron chi connectivity index (χ3n) is 2.62. The molecule has 0 saturated carbocycles. The Morgan fingerprint density at radius 1 is 1.43 bits per heavy atom. The highest BCUT2D eigenvalue weighted by atomic mass is 16.3. The predicted molar refractivity (Wildman–Crippen MR) is 50.8 cm³/mol. The lowest BCUT2D eigenvalue weighted by molar-refractivity contribution is 0.136. The maximum Gasteiger partial charge on any atom is 0.0917 e. The molecule has 78 valence electrons. The van der Waals surface area contributed by atoms with Gasteiger partial charge in [-0.2, -0.15) is 5.10 Å². The lowest BCUT2D eigenvalue weighted by Crippen LogP contribution is -2.25. The Morgan fingerprint density at radius 3 is 2.93 bits per heavy atom. The van der Waals surface area contributed by atoms with Gasteiger partial charge in [-0.05, 0) is 6.07 Å². The average molecular weight is 197 g/mol. The van der Waals surface area contributed by atoms with Gasteiger partial charge in [0.05, 0.1) is 18.8 Å². The van der Waals surface area contributed by atoms with E-state index in [-0.39, 0.29) is 18.8 Å². The Kier molecular flexibility index (Phi) is 2.81. The van der Waals surface area contributed by atoms with Crippen molar-refractivity contribution in [3.05, 3.63) is 18.5 Å². The Balaban J connectivity index is 2.01. The van der Waals surface area contributed by atoms with Crippen molar-refractivity contribution in [3.63, 3.8) is 0 Å². The first-order valence-corrected chi connectivity index (χ1v) is 4.81. The number of hydrogen-bond acceptors (Lipinski definition) is 4. The summed E-state index contributed by atoms with van der Waals surface area (Å²) in [7, 11) is 0. The van der Waals surface area contributed by atoms with Crippen LogP contribution in [0.3, 0.4) is 0 Å². The normalized spacial score (nSPS) is 28.4. The van der Waals surface area contributed by atoms with Crippen LogP contribution < -0.4 is 0 Å². The number of aliphatic hydroxyl groups excluding tert-OH is 2. The number of rotatable bonds is 3. The van der Waals surface area contributed by atoms with Gasteiger partial charge in [0, 0.05) is 32.0 Å². The Morgan fingerprint density at radius 2 is 2.29 bits per heavy atom. The van der Waals surface area contributed by atoms with Gasteiger partial charge >= 0.3 is 0 Å². The number of aromatic nitrogens is 2. The zero-order valence-electron chi connectivity index (χ0n) is 7.95. The Bertz CT molecular complexity index is 276. The summed E-state index contributed by atoms with van der Waals surface area (Å²) >= 11 is 0. The molecule has 1 aromatic heterocycles. The van der Waals surface area contributed by atoms with E-state index >= 15 is 0 Å². The van der Waals surface area contributed by atoms with Crippen molar-refractivity contribution in [2.45, 2.75) is 12.1 Å². The molecule has 0 radical (unpaired) electrons. The second-order valence-corrected chi connectivity index (χ2v) is 3.60. The van der Waals surface area contributed by atoms with E-state index in [1.807, 2.05) is 17.2 Å². The van der Waals surface area contributed by atoms with Gasteiger partial charge < -0.3 is 10.2 Å². The number of likely N-dealkylation sites (tertiary alicyclic amines) is 1. The summed E-state index contributed by atoms with van der Waals surface area (Å²) in [5.41, 5.74) is 0. The third-order valence-corrected chi connectivity index (χ3v) is 2.62. The highest BCUT2D eigenvalue weighted by Crippen LogP contribution is 2.20. The van der Waals surface area contributed by atoms with Crippen LogP contribution in [-0.2, 0) is 0 Å². The second-order valence-electron chi connectivity index (χ2n) is 3.60. The number of hydrogen-bond donors (Lipinski definition) is 2. The molecule has 1 aliphatic rings. The van der Waals surface area contributed by atoms with E-state index in [0.29, 0.717) is 13.1 Å². The van der Waals surface area contributed by atoms with Gasteiger partial charge in [-0.25, -0.2) is 0 Å². The highest BCUT2D eigenvalue weighted by molar-refractivity contribution is 4.91. The molecule has 0 bridgehead atoms. The molecular weight excluding hydrogens is 182 g/mol. The van der Waals surface area contributed by atoms with Gasteiger partial charge in [-0.15, -0.1) is 0 Å². The minimum absolute atomic E-state index is 0.0246. The van der Waals surface area contributed by atoms with Gasteiger partial charge in [0.15, 0.2) is 0 Å². The lowest BCUT2D eigenvalue weighted by atomic mass is 10.2. The van der Waals surface area contributed by atoms with E-state index in [4.69, 9.17) is 5.11 Å². The molecule has 5 heteroatoms. The minimum Gasteiger partial charge on any atom is -0.395 e. The van der Waals surface area contributed by atoms with Crippen molar-refractivity contribution in [1.82, 2.24) is 14.7 Å². The van der Waals surface area contributed by atoms with Crippen molar-refractivity contribution in [3.8, 4) is 0 Å². The summed E-state index contributed by atoms with van der Waals surface area (Å²) in [5, 5.41) is 22.7. The largest absolute Gasteiger partial charge is 0.395 e. The van der Waals surface area contributed by atoms with Gasteiger partial charge in [0.1, 0.15) is 0 Å². The molecule has 14 heavy (non-hydrogen) atoms. The fraction of sp³-hybridized carbons (Fsp3) is 0.667. The number of β-amino-alcohol motifs (C(OH)–C–C–N with tert-alkyl or cyclic N) is 2. The maximum absolute atomic E-state index is 9.77. The summed E-state index contributed by atoms with van der Waals surface area (Å²) in [5.74, 6) is 0. The Labute approximate surface area is 82.6 Å². The lowest BCUT2D eigenvalue weighted by Gasteiger charge is -2.14. The molecule has 0 unspecified atom stereocenters. The van der Waals surface area contributed by atoms with Crippen molar-refractivity contribution in [1.29, 1.82) is 0 Å². The fourth-order valence-corrected chi connectivity index (χ4v) is 1.91. The highest BCUT2D eigenvalue weighted by Gasteiger charge is 2.32. The molecule has 2 N–H and O–H groups in total. The fourth-order valence-electron chi connectivity index (χ4n) is 1.91. The van der Waals surface area contributed by atoms with Gasteiger partial charge in [0.2, 0.25) is 0 Å². The van der Waals surface area contributed by atoms with Gasteiger partial charge in [-0.3, -0.25) is 9.58 Å². The van der Waals surface area contributed by atoms with Crippen LogP contribution in [-0.4, -0.2) is 57.2 Å². The van der Waals surface area contributed by atoms with E-state index in [9.17, 15) is 5.11 Å². The molecule has 1 fully saturated rings. The first-order valence-electron chi connectivity index (χ1n) is 4.81. The first-order chi connectivity index (χ1) is 6.81. The molecule has 0 amide bonds. The summed E-state index contributed by atoms with van der Waals surface area (Å²) in [6, 6.07) is 1.87. The van der Waals surface area contributed by atoms with Crippen molar-refractivity contribution in [2.75, 3.05) is 26.2 Å². The number of nitrogens with zero attached hydrogens (tertiary/aromatic N) is 3. The molecule has 2 rings (SSSR count). The smallest absolute Gasteiger partial charge is 0.0917 e. The summed E-state index contributed by atoms with van der Waals surface area (Å²) in [4.78, 5) is 2.04. The molecule has 0 aromatic carbocycles. The quantitative estimate of drug-likeness (QED) is 0.659. The molecule has 2 heterocycles. The van der Waals surface area contributed by atoms with Gasteiger partial charge in [0.25, 0.3) is 0 Å². The zero-order valence-corrected chi connectivity index (χ0v) is 7.95. The third kappa shape index (κ3) is 1.79. The molecule has 5 nitrogen and oxygen atoms in total. The average Bonchev–Trinajstić information content (AvgIpc) is 2.74. The Hall–Kier alpha value is -0.910. The summed E-state index contributed by atoms with van der Waals surface area (Å²) in [6.07, 6.45) is 3.18. The van der Waals surface area contributed by atoms with Crippen LogP contribution >= 0.6 is 0 Å². The van der Waals surface area contributed by atoms with Crippen LogP contribution in [0.5, 0.6) is 0 Å². The molecule has 2 atom stereocenters. The molecule has 1 aliphatic heterocycles. The van der Waals surface area contributed by atoms with E-state index in [0.717, 1.165) is 6.54 Å². The monoisotopic (exact) mass is 197 g/mol. The van der Waals surface area contributed by atoms with Gasteiger partial charge in [-0.1, -0.05) is 0 Å². The zero-order chi connectivity index (χ0) is 9.97. The van der Waals surface area contributed by atoms with Crippen LogP contribution in [0, 0.1) is 0 Å². The minimum atomic E-state index is -0.388. The molecule has 0 spiro atoms. The van der Waals surface area contributed by atoms with Crippen LogP contribution in [0.15, 0.2) is 18.5 Å². The molecule has 1 saturated heterocycles. The molecule has 0 aliphatic carbocycles. The maximum atomic E-state index is 9.77. The standard InChI is InChI=1S/C9H15N3O2/c13-5-4-11-6-8(9(14)7-11)12-3-1-2-10-12/h1-3,8-9,13-14H,4-7H2/t8-,9+/m1/s1. The van der Waals surface area contributed by atoms with Crippen molar-refractivity contribution >= 4 is 0 Å². The van der Waals surface area contributed by atoms with E-state index < -0.39 is 0 Å². The number of aliphatic hydroxyl groups is 2. The molecular formula is C9H15N3O2. The van der Waals surface area contributed by atoms with Crippen LogP contribution in [0.2, 0.25) is 0 Å². The van der Waals surface area contributed by atoms with Crippen LogP contribution in [0.4, 0.5) is 0 Å². The van der Waals surface area contributed by atoms with E-state index in [1.165, 1.54) is 0 Å². The second kappa shape index (κ2) is 4.08. The summed E-state index contributed by atoms with van der Waals surface area (Å²) < 4.78 is 1.78. The van der Waals surface area contributed by atoms with Crippen molar-refractivity contribution in [2.24, 2.45) is 0 Å². The first kappa shape index (κ1) is 9.64. The topological polar surface area (TPSA) is 61.5 Å². The van der Waals surface area contributed by atoms with Crippen LogP contribution in [0.25, 0.3) is 0 Å². The van der Waals surface area contributed by atoms with Crippen LogP contribution in [0.1, 0.15) is 6.04 Å². The summed E-state index contributed by atoms with van der Waals surface area (Å²) in [6.45, 7) is 2.13. The van der Waals surface area contributed by atoms with E-state index in [1.54, 1.807) is 10.9 Å². The predicted octanol–water partition coefficient (Wildman–Crippen LogP) is -0.907.